The number of hydrogen-bond acceptors (Lipinski definition) is 2. The Bertz CT molecular complexity index is 1010. The highest BCUT2D eigenvalue weighted by atomic mass is 19.4. The number of halogens is 3. The van der Waals surface area contributed by atoms with Gasteiger partial charge in [0.15, 0.2) is 0 Å². The van der Waals surface area contributed by atoms with Crippen molar-refractivity contribution < 1.29 is 18.0 Å². The molecule has 1 heterocycles. The maximum absolute atomic E-state index is 12.7. The van der Waals surface area contributed by atoms with Gasteiger partial charge in [0, 0.05) is 5.39 Å². The molecule has 2 unspecified atom stereocenters. The summed E-state index contributed by atoms with van der Waals surface area (Å²) in [6.45, 7) is 1.83. The zero-order valence-electron chi connectivity index (χ0n) is 14.5. The van der Waals surface area contributed by atoms with Crippen molar-refractivity contribution in [3.8, 4) is 0 Å². The maximum Gasteiger partial charge on any atom is 0.416 e. The summed E-state index contributed by atoms with van der Waals surface area (Å²) < 4.78 is 38.1. The van der Waals surface area contributed by atoms with E-state index < -0.39 is 17.2 Å². The lowest BCUT2D eigenvalue weighted by Crippen LogP contribution is -2.23. The largest absolute Gasteiger partial charge is 0.416 e. The predicted octanol–water partition coefficient (Wildman–Crippen LogP) is 5.39. The number of benzene rings is 2. The average molecular weight is 370 g/mol. The number of aromatic nitrogens is 1. The molecule has 1 saturated carbocycles. The normalized spacial score (nSPS) is 21.9. The van der Waals surface area contributed by atoms with Gasteiger partial charge in [0.2, 0.25) is 5.91 Å². The van der Waals surface area contributed by atoms with E-state index in [4.69, 9.17) is 0 Å². The van der Waals surface area contributed by atoms with Crippen molar-refractivity contribution in [2.75, 3.05) is 5.32 Å². The number of para-hydroxylation sites is 1. The predicted molar refractivity (Wildman–Crippen MR) is 97.3 cm³/mol. The van der Waals surface area contributed by atoms with Crippen molar-refractivity contribution in [2.24, 2.45) is 5.41 Å². The minimum Gasteiger partial charge on any atom is -0.324 e. The molecule has 27 heavy (non-hydrogen) atoms. The Morgan fingerprint density at radius 1 is 1.15 bits per heavy atom. The summed E-state index contributed by atoms with van der Waals surface area (Å²) in [5.41, 5.74) is 0.886. The standard InChI is InChI=1S/C21H17F3N2O/c1-20(11-17(20)13-6-8-15(9-7-13)21(22,23)24)19(27)26-16-10-14-4-2-3-5-18(14)25-12-16/h2-10,12,17H,11H2,1H3,(H,26,27). The van der Waals surface area contributed by atoms with Crippen molar-refractivity contribution in [3.63, 3.8) is 0 Å². The first-order valence-electron chi connectivity index (χ1n) is 8.61. The van der Waals surface area contributed by atoms with Gasteiger partial charge in [-0.15, -0.1) is 0 Å². The number of hydrogen-bond donors (Lipinski definition) is 1. The zero-order chi connectivity index (χ0) is 19.2. The molecule has 1 aliphatic carbocycles. The fourth-order valence-corrected chi connectivity index (χ4v) is 3.42. The summed E-state index contributed by atoms with van der Waals surface area (Å²) in [5, 5.41) is 3.82. The van der Waals surface area contributed by atoms with Crippen LogP contribution in [-0.2, 0) is 11.0 Å². The molecule has 2 aromatic carbocycles. The van der Waals surface area contributed by atoms with E-state index in [0.29, 0.717) is 12.1 Å². The number of fused-ring (bicyclic) bond motifs is 1. The van der Waals surface area contributed by atoms with Gasteiger partial charge in [-0.05, 0) is 42.2 Å². The number of amides is 1. The molecule has 2 atom stereocenters. The van der Waals surface area contributed by atoms with Gasteiger partial charge < -0.3 is 5.32 Å². The highest BCUT2D eigenvalue weighted by Gasteiger charge is 2.56. The second kappa shape index (κ2) is 6.08. The maximum atomic E-state index is 12.7. The lowest BCUT2D eigenvalue weighted by atomic mass is 9.99. The van der Waals surface area contributed by atoms with Gasteiger partial charge in [-0.3, -0.25) is 9.78 Å². The molecular weight excluding hydrogens is 353 g/mol. The number of nitrogens with one attached hydrogen (secondary N) is 1. The van der Waals surface area contributed by atoms with E-state index in [2.05, 4.69) is 10.3 Å². The molecule has 3 aromatic rings. The molecule has 1 aliphatic rings. The Morgan fingerprint density at radius 3 is 2.56 bits per heavy atom. The van der Waals surface area contributed by atoms with Crippen LogP contribution in [0.4, 0.5) is 18.9 Å². The van der Waals surface area contributed by atoms with Crippen LogP contribution in [0.3, 0.4) is 0 Å². The van der Waals surface area contributed by atoms with Gasteiger partial charge in [-0.2, -0.15) is 13.2 Å². The summed E-state index contributed by atoms with van der Waals surface area (Å²) in [6, 6.07) is 14.5. The summed E-state index contributed by atoms with van der Waals surface area (Å²) >= 11 is 0. The molecule has 0 aliphatic heterocycles. The van der Waals surface area contributed by atoms with Crippen LogP contribution in [0.2, 0.25) is 0 Å². The van der Waals surface area contributed by atoms with E-state index >= 15 is 0 Å². The average Bonchev–Trinajstić information content (AvgIpc) is 3.34. The number of carbonyl (C=O) groups excluding carboxylic acids is 1. The molecule has 138 valence electrons. The second-order valence-corrected chi connectivity index (χ2v) is 7.16. The molecule has 0 saturated heterocycles. The Kier molecular flexibility index (Phi) is 3.94. The number of carbonyl (C=O) groups is 1. The van der Waals surface area contributed by atoms with Crippen molar-refractivity contribution >= 4 is 22.5 Å². The summed E-state index contributed by atoms with van der Waals surface area (Å²) in [5.74, 6) is -0.238. The summed E-state index contributed by atoms with van der Waals surface area (Å²) in [6.07, 6.45) is -2.14. The van der Waals surface area contributed by atoms with E-state index in [1.54, 1.807) is 6.20 Å². The molecule has 1 amide bonds. The Labute approximate surface area is 154 Å². The van der Waals surface area contributed by atoms with Gasteiger partial charge >= 0.3 is 6.18 Å². The number of rotatable bonds is 3. The van der Waals surface area contributed by atoms with Gasteiger partial charge in [-0.1, -0.05) is 37.3 Å². The quantitative estimate of drug-likeness (QED) is 0.672. The highest BCUT2D eigenvalue weighted by Crippen LogP contribution is 2.59. The van der Waals surface area contributed by atoms with Gasteiger partial charge in [0.1, 0.15) is 0 Å². The van der Waals surface area contributed by atoms with Crippen LogP contribution in [0.15, 0.2) is 60.8 Å². The minimum atomic E-state index is -4.36. The molecule has 6 heteroatoms. The lowest BCUT2D eigenvalue weighted by Gasteiger charge is -2.13. The smallest absolute Gasteiger partial charge is 0.324 e. The second-order valence-electron chi connectivity index (χ2n) is 7.16. The summed E-state index contributed by atoms with van der Waals surface area (Å²) in [4.78, 5) is 17.0. The topological polar surface area (TPSA) is 42.0 Å². The Hall–Kier alpha value is -2.89. The molecule has 1 fully saturated rings. The fourth-order valence-electron chi connectivity index (χ4n) is 3.42. The first-order chi connectivity index (χ1) is 12.8. The molecule has 0 bridgehead atoms. The Morgan fingerprint density at radius 2 is 1.85 bits per heavy atom. The molecular formula is C21H17F3N2O. The Balaban J connectivity index is 1.49. The van der Waals surface area contributed by atoms with Gasteiger partial charge in [-0.25, -0.2) is 0 Å². The van der Waals surface area contributed by atoms with Gasteiger partial charge in [0.25, 0.3) is 0 Å². The monoisotopic (exact) mass is 370 g/mol. The van der Waals surface area contributed by atoms with Crippen molar-refractivity contribution in [1.82, 2.24) is 4.98 Å². The molecule has 0 spiro atoms. The van der Waals surface area contributed by atoms with Crippen molar-refractivity contribution in [2.45, 2.75) is 25.4 Å². The lowest BCUT2D eigenvalue weighted by molar-refractivity contribution is -0.137. The van der Waals surface area contributed by atoms with E-state index in [9.17, 15) is 18.0 Å². The van der Waals surface area contributed by atoms with Gasteiger partial charge in [0.05, 0.1) is 28.4 Å². The van der Waals surface area contributed by atoms with E-state index in [1.165, 1.54) is 12.1 Å². The van der Waals surface area contributed by atoms with E-state index in [-0.39, 0.29) is 11.8 Å². The van der Waals surface area contributed by atoms with Crippen LogP contribution >= 0.6 is 0 Å². The van der Waals surface area contributed by atoms with Crippen LogP contribution < -0.4 is 5.32 Å². The molecule has 0 radical (unpaired) electrons. The molecule has 3 nitrogen and oxygen atoms in total. The highest BCUT2D eigenvalue weighted by molar-refractivity contribution is 5.99. The first-order valence-corrected chi connectivity index (χ1v) is 8.61. The molecule has 1 aromatic heterocycles. The van der Waals surface area contributed by atoms with E-state index in [0.717, 1.165) is 28.6 Å². The minimum absolute atomic E-state index is 0.0896. The van der Waals surface area contributed by atoms with Crippen LogP contribution in [0, 0.1) is 5.41 Å². The third-order valence-corrected chi connectivity index (χ3v) is 5.24. The molecule has 1 N–H and O–H groups in total. The number of alkyl halides is 3. The fraction of sp³-hybridized carbons (Fsp3) is 0.238. The zero-order valence-corrected chi connectivity index (χ0v) is 14.5. The number of pyridine rings is 1. The summed E-state index contributed by atoms with van der Waals surface area (Å²) in [7, 11) is 0. The third-order valence-electron chi connectivity index (χ3n) is 5.24. The first kappa shape index (κ1) is 17.5. The molecule has 4 rings (SSSR count). The van der Waals surface area contributed by atoms with Crippen LogP contribution in [0.5, 0.6) is 0 Å². The van der Waals surface area contributed by atoms with E-state index in [1.807, 2.05) is 37.3 Å². The number of anilines is 1. The van der Waals surface area contributed by atoms with Crippen LogP contribution in [-0.4, -0.2) is 10.9 Å². The third kappa shape index (κ3) is 3.27. The van der Waals surface area contributed by atoms with Crippen LogP contribution in [0.25, 0.3) is 10.9 Å². The van der Waals surface area contributed by atoms with Crippen LogP contribution in [0.1, 0.15) is 30.4 Å². The number of nitrogens with zero attached hydrogens (tertiary/aromatic N) is 1. The van der Waals surface area contributed by atoms with Crippen molar-refractivity contribution in [1.29, 1.82) is 0 Å². The van der Waals surface area contributed by atoms with Crippen molar-refractivity contribution in [3.05, 3.63) is 71.9 Å². The SMILES string of the molecule is CC1(C(=O)Nc2cnc3ccccc3c2)CC1c1ccc(C(F)(F)F)cc1.